The number of rotatable bonds is 6. The minimum Gasteiger partial charge on any atom is -0.481 e. The number of nitrogens with zero attached hydrogens (tertiary/aromatic N) is 11. The van der Waals surface area contributed by atoms with Crippen LogP contribution in [0.25, 0.3) is 0 Å². The first-order valence-electron chi connectivity index (χ1n) is 49.0. The number of aliphatic carboxylic acids is 1. The smallest absolute Gasteiger partial charge is 0.407 e. The summed E-state index contributed by atoms with van der Waals surface area (Å²) >= 11 is 0. The Morgan fingerprint density at radius 3 is 0.801 bits per heavy atom. The maximum atomic E-state index is 11.5. The number of hydroxylamine groups is 20. The van der Waals surface area contributed by atoms with Crippen molar-refractivity contribution in [3.63, 3.8) is 0 Å². The third-order valence-corrected chi connectivity index (χ3v) is 29.2. The topological polar surface area (TPSA) is 466 Å². The third kappa shape index (κ3) is 36.9. The van der Waals surface area contributed by atoms with Crippen LogP contribution in [-0.2, 0) is 28.5 Å². The first-order valence-corrected chi connectivity index (χ1v) is 49.0. The Bertz CT molecular complexity index is 3430. The molecule has 136 heavy (non-hydrogen) atoms. The summed E-state index contributed by atoms with van der Waals surface area (Å²) in [4.78, 5) is 44.8. The summed E-state index contributed by atoms with van der Waals surface area (Å²) in [7, 11) is 8.04. The van der Waals surface area contributed by atoms with Crippen LogP contribution in [0.1, 0.15) is 419 Å². The number of alkyl carbamates (subject to hydrolysis) is 2. The molecule has 10 aliphatic heterocycles. The van der Waals surface area contributed by atoms with E-state index in [0.29, 0.717) is 70.3 Å². The molecule has 0 bridgehead atoms. The zero-order chi connectivity index (χ0) is 107. The van der Waals surface area contributed by atoms with Crippen molar-refractivity contribution in [1.82, 2.24) is 66.6 Å². The number of ether oxygens (including phenoxy) is 4. The van der Waals surface area contributed by atoms with Crippen LogP contribution in [0.15, 0.2) is 0 Å². The van der Waals surface area contributed by atoms with Crippen molar-refractivity contribution in [2.45, 2.75) is 566 Å². The molecule has 10 fully saturated rings. The third-order valence-electron chi connectivity index (χ3n) is 29.2. The molecular weight excluding hydrogens is 1740 g/mol. The number of methoxy groups -OCH3 is 3. The van der Waals surface area contributed by atoms with E-state index in [9.17, 15) is 76.4 Å². The predicted octanol–water partition coefficient (Wildman–Crippen LogP) is 18.7. The lowest BCUT2D eigenvalue weighted by Gasteiger charge is -2.51. The zero-order valence-electron chi connectivity index (χ0n) is 93.2. The Labute approximate surface area is 823 Å². The van der Waals surface area contributed by atoms with Crippen LogP contribution in [0, 0.1) is 29.1 Å². The molecule has 0 radical (unpaired) electrons. The zero-order valence-corrected chi connectivity index (χ0v) is 93.2. The molecule has 0 atom stereocenters. The van der Waals surface area contributed by atoms with Gasteiger partial charge < -0.3 is 103 Å². The Morgan fingerprint density at radius 2 is 0.559 bits per heavy atom. The molecule has 10 saturated heterocycles. The number of aliphatic hydroxyl groups is 1. The fraction of sp³-hybridized carbons (Fsp3) is 0.950. The molecule has 10 heterocycles. The average Bonchev–Trinajstić information content (AvgIpc) is 0.771. The van der Waals surface area contributed by atoms with Gasteiger partial charge in [-0.05, 0) is 406 Å². The molecule has 10 aliphatic rings. The summed E-state index contributed by atoms with van der Waals surface area (Å²) in [5.41, 5.74) is 0.389. The summed E-state index contributed by atoms with van der Waals surface area (Å²) in [6.07, 6.45) is 15.4. The van der Waals surface area contributed by atoms with Crippen LogP contribution in [0.2, 0.25) is 0 Å². The first kappa shape index (κ1) is 132. The number of carboxylic acid groups (broad SMARTS) is 1. The second-order valence-electron chi connectivity index (χ2n) is 52.8. The van der Waals surface area contributed by atoms with Crippen molar-refractivity contribution in [3.05, 3.63) is 0 Å². The highest BCUT2D eigenvalue weighted by molar-refractivity contribution is 5.73. The number of hydrogen-bond acceptors (Lipinski definition) is 32. The van der Waals surface area contributed by atoms with E-state index in [1.165, 1.54) is 71.3 Å². The molecule has 806 valence electrons. The number of hydrogen-bond donors (Lipinski definition) is 16. The van der Waals surface area contributed by atoms with Gasteiger partial charge in [0.25, 0.3) is 0 Å². The molecule has 0 aliphatic carbocycles. The summed E-state index contributed by atoms with van der Waals surface area (Å²) in [5.74, 6) is -1.36. The van der Waals surface area contributed by atoms with Crippen LogP contribution in [0.4, 0.5) is 9.59 Å². The van der Waals surface area contributed by atoms with Crippen LogP contribution >= 0.6 is 0 Å². The van der Waals surface area contributed by atoms with E-state index in [1.54, 1.807) is 14.2 Å². The minimum absolute atomic E-state index is 0. The fourth-order valence-corrected chi connectivity index (χ4v) is 23.9. The van der Waals surface area contributed by atoms with Gasteiger partial charge in [0.15, 0.2) is 0 Å². The summed E-state index contributed by atoms with van der Waals surface area (Å²) in [6.45, 7) is 79.4. The highest BCUT2D eigenvalue weighted by Gasteiger charge is 2.55. The van der Waals surface area contributed by atoms with Gasteiger partial charge in [-0.25, -0.2) is 9.59 Å². The Balaban J connectivity index is 0.00000149. The SMILES string of the molecule is C.CC1(C)CC(C#N)CC(C)(C)N1O.CC1(C)CC(C(=O)O)CC(C)(C)N1O.CC1(C)CC(N)CC(C)(C)N1O.CC1(C)CC(O)CC(C)(C)N1O.CC1(C)CCCC(C)(C)N1O.CNC(=O)OC1CC(C)(C)N(O)C(C)(C)C1.CNC1CC(C)(C)N(O)C(C)(C)C1.COC(=O)C1CC(C)(C)N(O)C(C)(C)C1.COC(=O)NC1CC(C)(C)N(O)C(C)(C)C1.COC1CC(C)(C)N(O)C(C)(C)C1. The lowest BCUT2D eigenvalue weighted by atomic mass is 9.75. The number of aliphatic hydroxyl groups excluding tert-OH is 1. The van der Waals surface area contributed by atoms with Crippen LogP contribution in [-0.4, -0.2) is 320 Å². The number of nitrogens with one attached hydrogen (secondary N) is 3. The van der Waals surface area contributed by atoms with E-state index in [-0.39, 0.29) is 161 Å². The largest absolute Gasteiger partial charge is 0.481 e. The highest BCUT2D eigenvalue weighted by atomic mass is 16.6. The number of amides is 2. The molecule has 0 aromatic rings. The second kappa shape index (κ2) is 48.3. The number of esters is 1. The second-order valence-corrected chi connectivity index (χ2v) is 52.8. The number of piperidine rings is 10. The van der Waals surface area contributed by atoms with Gasteiger partial charge in [0, 0.05) is 162 Å². The van der Waals surface area contributed by atoms with Crippen molar-refractivity contribution in [2.24, 2.45) is 23.5 Å². The van der Waals surface area contributed by atoms with E-state index < -0.39 is 29.2 Å². The Morgan fingerprint density at radius 1 is 0.324 bits per heavy atom. The molecule has 0 unspecified atom stereocenters. The van der Waals surface area contributed by atoms with Crippen LogP contribution in [0.5, 0.6) is 0 Å². The van der Waals surface area contributed by atoms with Gasteiger partial charge in [-0.3, -0.25) is 9.59 Å². The summed E-state index contributed by atoms with van der Waals surface area (Å²) in [6, 6.07) is 3.04. The molecule has 10 rings (SSSR count). The van der Waals surface area contributed by atoms with Crippen molar-refractivity contribution in [2.75, 3.05) is 35.4 Å². The Kier molecular flexibility index (Phi) is 46.9. The number of nitriles is 1. The van der Waals surface area contributed by atoms with Crippen molar-refractivity contribution >= 4 is 24.1 Å². The predicted molar refractivity (Wildman–Crippen MR) is 534 cm³/mol. The van der Waals surface area contributed by atoms with Gasteiger partial charge in [0.1, 0.15) is 6.10 Å². The van der Waals surface area contributed by atoms with Crippen molar-refractivity contribution in [3.8, 4) is 6.07 Å². The van der Waals surface area contributed by atoms with Gasteiger partial charge in [0.2, 0.25) is 0 Å². The molecule has 35 heteroatoms. The Hall–Kier alpha value is -3.99. The van der Waals surface area contributed by atoms with E-state index in [4.69, 9.17) is 30.3 Å². The number of carbonyl (C=O) groups excluding carboxylic acids is 3. The van der Waals surface area contributed by atoms with Gasteiger partial charge in [0.05, 0.1) is 44.3 Å². The lowest BCUT2D eigenvalue weighted by molar-refractivity contribution is -0.259. The molecule has 0 aromatic heterocycles. The normalized spacial score (nSPS) is 27.7. The molecular formula is C101H207N15O20. The van der Waals surface area contributed by atoms with E-state index in [0.717, 1.165) is 64.2 Å². The van der Waals surface area contributed by atoms with E-state index in [2.05, 4.69) is 82.1 Å². The van der Waals surface area contributed by atoms with E-state index in [1.807, 2.05) is 229 Å². The maximum absolute atomic E-state index is 11.5. The van der Waals surface area contributed by atoms with Gasteiger partial charge in [-0.15, -0.1) is 0 Å². The lowest BCUT2D eigenvalue weighted by Crippen LogP contribution is -2.62. The molecule has 0 saturated carbocycles. The first-order chi connectivity index (χ1) is 60.0. The maximum Gasteiger partial charge on any atom is 0.407 e. The number of carbonyl (C=O) groups is 4. The minimum atomic E-state index is -0.765. The molecule has 17 N–H and O–H groups in total. The molecule has 35 nitrogen and oxygen atoms in total. The fourth-order valence-electron chi connectivity index (χ4n) is 23.9. The summed E-state index contributed by atoms with van der Waals surface area (Å²) in [5, 5.41) is 149. The van der Waals surface area contributed by atoms with Crippen molar-refractivity contribution in [1.29, 1.82) is 5.26 Å². The molecule has 2 amide bonds. The van der Waals surface area contributed by atoms with Crippen LogP contribution < -0.4 is 21.7 Å². The van der Waals surface area contributed by atoms with Crippen molar-refractivity contribution < 1.29 is 100 Å². The monoisotopic (exact) mass is 1950 g/mol. The van der Waals surface area contributed by atoms with Gasteiger partial charge in [-0.2, -0.15) is 55.9 Å². The van der Waals surface area contributed by atoms with Crippen LogP contribution in [0.3, 0.4) is 0 Å². The molecule has 0 spiro atoms. The average molecular weight is 1950 g/mol. The number of nitrogens with two attached hydrogens (primary N) is 1. The van der Waals surface area contributed by atoms with Gasteiger partial charge in [-0.1, -0.05) is 7.43 Å². The van der Waals surface area contributed by atoms with Gasteiger partial charge >= 0.3 is 24.1 Å². The quantitative estimate of drug-likeness (QED) is 0.0867. The summed E-state index contributed by atoms with van der Waals surface area (Å²) < 4.78 is 20.0. The highest BCUT2D eigenvalue weighted by Crippen LogP contribution is 2.47. The standard InChI is InChI=1S/2C11H22N2O3.C11H21NO3.C10H22N2O.C10H18N2O.C10H19NO3.C10H21NO2.C9H20N2O.C9H19NO2.C9H19NO.CH4/c1-10(2)6-8(12-9(14)16-5)7-11(3,4)13(10)15;1-10(2)6-8(16-9(14)12-5)7-11(3,4)13(10)15;1-10(2)6-8(9(13)15-5)7-11(3,4)12(10)14;1-9(2)6-8(11-5)7-10(3,4)12(9)13;1-9(2)5-8(7-11)6-10(3,4)12(9)13;1-9(2)5-7(8(12)13)6-10(3,4)11(9)14;1-9(2)6-8(13-5)7-10(3,4)11(9)12;1-8(2)5-7(10)6-9(3,4)11(8)12;1-8(2)5-7(11)6-9(3,4)10(8)12;1-8(2)6-5-7-9(3,4)10(8)11;/h2*8,15H,6-7H2,1-5H3,(H,12,14);8,14H,6-7H2,1-5H3;8,11,13H,6-7H2,1-5H3;8,13H,5-6H2,1-4H3;7,14H,5-6H2,1-4H3,(H,12,13);8,12H,6-7H2,1-5H3;7,12H,5-6,10H2,1-4H3;7,11-12H,5-6H2,1-4H3;11H,5-7H2,1-4H3;1H4. The molecule has 0 aromatic carbocycles. The van der Waals surface area contributed by atoms with E-state index >= 15 is 0 Å². The number of carboxylic acids is 1.